The summed E-state index contributed by atoms with van der Waals surface area (Å²) in [6.07, 6.45) is 28.0. The predicted molar refractivity (Wildman–Crippen MR) is 230 cm³/mol. The van der Waals surface area contributed by atoms with Gasteiger partial charge in [-0.3, -0.25) is 9.88 Å². The molecule has 7 nitrogen and oxygen atoms in total. The van der Waals surface area contributed by atoms with Crippen LogP contribution in [-0.4, -0.2) is 80.8 Å². The number of nitrogens with zero attached hydrogens (tertiary/aromatic N) is 3. The van der Waals surface area contributed by atoms with Crippen molar-refractivity contribution in [2.45, 2.75) is 101 Å². The molecule has 0 amide bonds. The molecule has 1 fully saturated rings. The van der Waals surface area contributed by atoms with E-state index < -0.39 is 5.60 Å². The molecule has 1 saturated heterocycles. The average Bonchev–Trinajstić information content (AvgIpc) is 3.78. The Balaban J connectivity index is 1.11. The summed E-state index contributed by atoms with van der Waals surface area (Å²) < 4.78 is 0. The van der Waals surface area contributed by atoms with Crippen molar-refractivity contribution in [3.05, 3.63) is 114 Å². The molecule has 6 atom stereocenters. The molecule has 7 heteroatoms. The number of aromatic amines is 2. The van der Waals surface area contributed by atoms with E-state index in [1.807, 2.05) is 6.20 Å². The summed E-state index contributed by atoms with van der Waals surface area (Å²) >= 11 is 0. The zero-order valence-corrected chi connectivity index (χ0v) is 33.1. The molecule has 0 radical (unpaired) electrons. The van der Waals surface area contributed by atoms with Crippen LogP contribution >= 0.6 is 0 Å². The second kappa shape index (κ2) is 15.4. The van der Waals surface area contributed by atoms with E-state index in [9.17, 15) is 5.11 Å². The maximum Gasteiger partial charge on any atom is 0.0989 e. The summed E-state index contributed by atoms with van der Waals surface area (Å²) in [6, 6.07) is 19.8. The smallest absolute Gasteiger partial charge is 0.0989 e. The van der Waals surface area contributed by atoms with Crippen LogP contribution in [0, 0.1) is 11.3 Å². The van der Waals surface area contributed by atoms with Gasteiger partial charge in [0.15, 0.2) is 0 Å². The van der Waals surface area contributed by atoms with Crippen molar-refractivity contribution in [2.24, 2.45) is 11.3 Å². The summed E-state index contributed by atoms with van der Waals surface area (Å²) in [5, 5.41) is 21.6. The first kappa shape index (κ1) is 36.3. The molecule has 292 valence electrons. The number of piperidine rings is 1. The summed E-state index contributed by atoms with van der Waals surface area (Å²) in [4.78, 5) is 18.3. The van der Waals surface area contributed by atoms with Crippen LogP contribution in [-0.2, 0) is 12.8 Å². The molecular weight excluding hydrogens is 689 g/mol. The van der Waals surface area contributed by atoms with E-state index in [1.54, 1.807) is 0 Å². The van der Waals surface area contributed by atoms with Gasteiger partial charge in [-0.1, -0.05) is 66.8 Å². The van der Waals surface area contributed by atoms with Gasteiger partial charge in [0.1, 0.15) is 0 Å². The van der Waals surface area contributed by atoms with Gasteiger partial charge < -0.3 is 25.3 Å². The number of allylic oxidation sites excluding steroid dienone is 4. The molecule has 5 aliphatic rings. The number of aromatic nitrogens is 3. The van der Waals surface area contributed by atoms with Crippen LogP contribution in [0.1, 0.15) is 93.6 Å². The van der Waals surface area contributed by atoms with E-state index >= 15 is 0 Å². The zero-order chi connectivity index (χ0) is 37.5. The fourth-order valence-electron chi connectivity index (χ4n) is 12.0. The Morgan fingerprint density at radius 2 is 1.55 bits per heavy atom. The first-order chi connectivity index (χ1) is 27.6. The largest absolute Gasteiger partial charge is 0.384 e. The van der Waals surface area contributed by atoms with Gasteiger partial charge in [-0.15, -0.1) is 0 Å². The van der Waals surface area contributed by atoms with E-state index in [4.69, 9.17) is 4.98 Å². The Kier molecular flexibility index (Phi) is 9.99. The van der Waals surface area contributed by atoms with Crippen molar-refractivity contribution < 1.29 is 5.11 Å². The van der Waals surface area contributed by atoms with Crippen LogP contribution in [0.15, 0.2) is 96.7 Å². The number of para-hydroxylation sites is 2. The van der Waals surface area contributed by atoms with E-state index in [0.29, 0.717) is 5.92 Å². The van der Waals surface area contributed by atoms with Gasteiger partial charge in [0.05, 0.1) is 22.9 Å². The molecule has 7 heterocycles. The van der Waals surface area contributed by atoms with Gasteiger partial charge in [-0.25, -0.2) is 0 Å². The maximum atomic E-state index is 13.6. The van der Waals surface area contributed by atoms with Crippen LogP contribution in [0.4, 0.5) is 0 Å². The molecule has 0 saturated carbocycles. The third-order valence-corrected chi connectivity index (χ3v) is 14.5. The molecule has 4 N–H and O–H groups in total. The SMILES string of the molecule is OC12C=C(C3c4[nH]c5ccccc5c4CCN3CCc3nccc4c3[nH]c3ccccc34)C3CCN(CCCC=CCCC1)CC31CCC=CCCCCNC21. The van der Waals surface area contributed by atoms with Gasteiger partial charge in [-0.05, 0) is 132 Å². The second-order valence-corrected chi connectivity index (χ2v) is 17.7. The number of pyridine rings is 1. The number of aliphatic hydroxyl groups is 1. The van der Waals surface area contributed by atoms with Crippen molar-refractivity contribution in [3.8, 4) is 0 Å². The highest BCUT2D eigenvalue weighted by Crippen LogP contribution is 2.58. The monoisotopic (exact) mass is 748 g/mol. The molecule has 10 rings (SSSR count). The Hall–Kier alpha value is -4.01. The van der Waals surface area contributed by atoms with Crippen molar-refractivity contribution in [1.82, 2.24) is 30.1 Å². The van der Waals surface area contributed by atoms with Gasteiger partial charge >= 0.3 is 0 Å². The highest BCUT2D eigenvalue weighted by Gasteiger charge is 2.60. The molecule has 3 bridgehead atoms. The van der Waals surface area contributed by atoms with E-state index in [-0.39, 0.29) is 17.5 Å². The fourth-order valence-corrected chi connectivity index (χ4v) is 12.0. The maximum absolute atomic E-state index is 13.6. The van der Waals surface area contributed by atoms with Gasteiger partial charge in [0, 0.05) is 76.6 Å². The third kappa shape index (κ3) is 6.49. The number of benzene rings is 2. The van der Waals surface area contributed by atoms with Gasteiger partial charge in [0.25, 0.3) is 0 Å². The van der Waals surface area contributed by atoms with Crippen molar-refractivity contribution in [2.75, 3.05) is 39.3 Å². The molecule has 4 aliphatic heterocycles. The molecule has 1 aliphatic carbocycles. The lowest BCUT2D eigenvalue weighted by molar-refractivity contribution is -0.0932. The number of nitrogens with one attached hydrogen (secondary N) is 3. The lowest BCUT2D eigenvalue weighted by Crippen LogP contribution is -2.69. The summed E-state index contributed by atoms with van der Waals surface area (Å²) in [5.41, 5.74) is 7.97. The molecule has 6 unspecified atom stereocenters. The van der Waals surface area contributed by atoms with Crippen molar-refractivity contribution in [1.29, 1.82) is 0 Å². The molecule has 2 aromatic carbocycles. The highest BCUT2D eigenvalue weighted by molar-refractivity contribution is 6.07. The van der Waals surface area contributed by atoms with Crippen LogP contribution in [0.25, 0.3) is 32.7 Å². The summed E-state index contributed by atoms with van der Waals surface area (Å²) in [6.45, 7) is 6.15. The molecule has 5 aromatic rings. The highest BCUT2D eigenvalue weighted by atomic mass is 16.3. The lowest BCUT2D eigenvalue weighted by Gasteiger charge is -2.61. The predicted octanol–water partition coefficient (Wildman–Crippen LogP) is 9.32. The second-order valence-electron chi connectivity index (χ2n) is 17.7. The quantitative estimate of drug-likeness (QED) is 0.138. The number of fused-ring (bicyclic) bond motifs is 7. The Bertz CT molecular complexity index is 2280. The minimum absolute atomic E-state index is 0.0193. The number of H-pyrrole nitrogens is 2. The average molecular weight is 749 g/mol. The third-order valence-electron chi connectivity index (χ3n) is 14.5. The van der Waals surface area contributed by atoms with Crippen molar-refractivity contribution >= 4 is 32.7 Å². The summed E-state index contributed by atoms with van der Waals surface area (Å²) in [7, 11) is 0. The van der Waals surface area contributed by atoms with Gasteiger partial charge in [0.2, 0.25) is 0 Å². The molecule has 1 spiro atoms. The van der Waals surface area contributed by atoms with Crippen LogP contribution in [0.5, 0.6) is 0 Å². The Labute approximate surface area is 332 Å². The van der Waals surface area contributed by atoms with Gasteiger partial charge in [-0.2, -0.15) is 0 Å². The molecule has 56 heavy (non-hydrogen) atoms. The topological polar surface area (TPSA) is 83.2 Å². The lowest BCUT2D eigenvalue weighted by atomic mass is 9.52. The number of rotatable bonds is 4. The van der Waals surface area contributed by atoms with Crippen LogP contribution < -0.4 is 5.32 Å². The van der Waals surface area contributed by atoms with E-state index in [0.717, 1.165) is 121 Å². The first-order valence-corrected chi connectivity index (χ1v) is 22.0. The van der Waals surface area contributed by atoms with E-state index in [1.165, 1.54) is 56.9 Å². The molecule has 3 aromatic heterocycles. The minimum atomic E-state index is -0.943. The summed E-state index contributed by atoms with van der Waals surface area (Å²) in [5.74, 6) is 0.369. The minimum Gasteiger partial charge on any atom is -0.384 e. The molecular formula is C49H60N6O. The van der Waals surface area contributed by atoms with E-state index in [2.05, 4.69) is 110 Å². The van der Waals surface area contributed by atoms with Crippen LogP contribution in [0.3, 0.4) is 0 Å². The number of hydrogen-bond acceptors (Lipinski definition) is 5. The van der Waals surface area contributed by atoms with Crippen molar-refractivity contribution in [3.63, 3.8) is 0 Å². The van der Waals surface area contributed by atoms with Crippen LogP contribution in [0.2, 0.25) is 0 Å². The Morgan fingerprint density at radius 3 is 2.45 bits per heavy atom. The normalized spacial score (nSPS) is 30.6. The standard InChI is InChI=1S/C49H60N6O/c56-49-26-14-6-2-4-8-16-29-54-30-23-40(48(34-54)25-13-5-1-3-7-15-27-51-47(48)49)39(33-49)46-45-38(36-18-10-12-20-42(36)53-45)22-31-55(46)32-24-43-44-37(21-28-50-43)35-17-9-11-19-41(35)52-44/h1-2,4-5,9-12,17-21,28,33,40,46-47,51-53,56H,3,6-8,13-16,22-27,29-32,34H2. The Morgan fingerprint density at radius 1 is 0.768 bits per heavy atom. The zero-order valence-electron chi connectivity index (χ0n) is 33.1. The fraction of sp³-hybridized carbons (Fsp3) is 0.490. The number of hydrogen-bond donors (Lipinski definition) is 4. The first-order valence-electron chi connectivity index (χ1n) is 22.0.